The summed E-state index contributed by atoms with van der Waals surface area (Å²) in [6.45, 7) is 0. The highest BCUT2D eigenvalue weighted by Gasteiger charge is 2.13. The van der Waals surface area contributed by atoms with Crippen molar-refractivity contribution in [1.82, 2.24) is 0 Å². The number of esters is 1. The molecule has 3 N–H and O–H groups in total. The van der Waals surface area contributed by atoms with Crippen LogP contribution in [0.2, 0.25) is 10.0 Å². The van der Waals surface area contributed by atoms with Gasteiger partial charge in [0, 0.05) is 11.8 Å². The first kappa shape index (κ1) is 24.2. The minimum absolute atomic E-state index is 0.0151. The Labute approximate surface area is 212 Å². The van der Waals surface area contributed by atoms with E-state index in [1.165, 1.54) is 6.07 Å². The number of carbonyl (C=O) groups is 1. The number of anilines is 2. The SMILES string of the molecule is O=C(Cc1ccccc1Nc1c(Cl)cccc1Cl)Oc1ccc(C=Cc2cc(O)cc(O)c2)cc1. The number of phenols is 2. The average molecular weight is 506 g/mol. The van der Waals surface area contributed by atoms with Gasteiger partial charge in [0.25, 0.3) is 0 Å². The summed E-state index contributed by atoms with van der Waals surface area (Å²) in [7, 11) is 0. The molecule has 7 heteroatoms. The number of aromatic hydroxyl groups is 2. The van der Waals surface area contributed by atoms with Gasteiger partial charge < -0.3 is 20.3 Å². The number of ether oxygens (including phenoxy) is 1. The van der Waals surface area contributed by atoms with Crippen LogP contribution in [0.4, 0.5) is 11.4 Å². The molecule has 0 aliphatic carbocycles. The molecule has 0 heterocycles. The lowest BCUT2D eigenvalue weighted by Crippen LogP contribution is -2.12. The molecule has 0 radical (unpaired) electrons. The van der Waals surface area contributed by atoms with Crippen LogP contribution in [0.25, 0.3) is 12.2 Å². The Hall–Kier alpha value is -3.93. The largest absolute Gasteiger partial charge is 0.508 e. The number of phenolic OH excluding ortho intramolecular Hbond substituents is 2. The van der Waals surface area contributed by atoms with Gasteiger partial charge in [-0.2, -0.15) is 0 Å². The van der Waals surface area contributed by atoms with Crippen molar-refractivity contribution in [2.75, 3.05) is 5.32 Å². The minimum atomic E-state index is -0.414. The zero-order valence-corrected chi connectivity index (χ0v) is 19.9. The van der Waals surface area contributed by atoms with Gasteiger partial charge in [0.05, 0.1) is 22.2 Å². The van der Waals surface area contributed by atoms with Gasteiger partial charge in [0.15, 0.2) is 0 Å². The molecule has 0 aliphatic rings. The molecule has 0 aliphatic heterocycles. The van der Waals surface area contributed by atoms with Crippen molar-refractivity contribution in [3.05, 3.63) is 112 Å². The Balaban J connectivity index is 1.41. The molecule has 0 unspecified atom stereocenters. The molecule has 4 aromatic carbocycles. The Morgan fingerprint density at radius 1 is 0.800 bits per heavy atom. The van der Waals surface area contributed by atoms with Crippen molar-refractivity contribution < 1.29 is 19.7 Å². The van der Waals surface area contributed by atoms with Crippen LogP contribution in [0.5, 0.6) is 17.2 Å². The summed E-state index contributed by atoms with van der Waals surface area (Å²) in [5, 5.41) is 23.3. The lowest BCUT2D eigenvalue weighted by molar-refractivity contribution is -0.133. The van der Waals surface area contributed by atoms with Gasteiger partial charge in [-0.1, -0.05) is 71.8 Å². The van der Waals surface area contributed by atoms with E-state index in [1.807, 2.05) is 30.3 Å². The van der Waals surface area contributed by atoms with Crippen LogP contribution in [0.3, 0.4) is 0 Å². The van der Waals surface area contributed by atoms with Crippen LogP contribution in [-0.4, -0.2) is 16.2 Å². The lowest BCUT2D eigenvalue weighted by Gasteiger charge is -2.14. The number of rotatable bonds is 7. The maximum Gasteiger partial charge on any atom is 0.315 e. The second-order valence-electron chi connectivity index (χ2n) is 7.71. The molecule has 0 amide bonds. The van der Waals surface area contributed by atoms with E-state index in [9.17, 15) is 15.0 Å². The standard InChI is InChI=1S/C28H21Cl2NO4/c29-24-5-3-6-25(30)28(24)31-26-7-2-1-4-20(26)16-27(34)35-23-12-10-18(11-13-23)8-9-19-14-21(32)17-22(33)15-19/h1-15,17,31-33H,16H2. The highest BCUT2D eigenvalue weighted by Crippen LogP contribution is 2.33. The Bertz CT molecular complexity index is 1340. The van der Waals surface area contributed by atoms with E-state index in [-0.39, 0.29) is 17.9 Å². The Kier molecular flexibility index (Phi) is 7.60. The summed E-state index contributed by atoms with van der Waals surface area (Å²) in [6.07, 6.45) is 3.63. The summed E-state index contributed by atoms with van der Waals surface area (Å²) >= 11 is 12.5. The Morgan fingerprint density at radius 2 is 1.43 bits per heavy atom. The first-order chi connectivity index (χ1) is 16.9. The number of hydrogen-bond donors (Lipinski definition) is 3. The quantitative estimate of drug-likeness (QED) is 0.138. The topological polar surface area (TPSA) is 78.8 Å². The van der Waals surface area contributed by atoms with Crippen LogP contribution in [0, 0.1) is 0 Å². The van der Waals surface area contributed by atoms with Gasteiger partial charge in [0.1, 0.15) is 17.2 Å². The van der Waals surface area contributed by atoms with E-state index >= 15 is 0 Å². The van der Waals surface area contributed by atoms with Crippen molar-refractivity contribution >= 4 is 52.7 Å². The molecule has 5 nitrogen and oxygen atoms in total. The maximum absolute atomic E-state index is 12.6. The zero-order chi connectivity index (χ0) is 24.8. The van der Waals surface area contributed by atoms with Gasteiger partial charge >= 0.3 is 5.97 Å². The number of hydrogen-bond acceptors (Lipinski definition) is 5. The van der Waals surface area contributed by atoms with E-state index in [1.54, 1.807) is 60.7 Å². The molecule has 0 saturated heterocycles. The molecular formula is C28H21Cl2NO4. The molecule has 0 atom stereocenters. The van der Waals surface area contributed by atoms with E-state index in [0.29, 0.717) is 32.7 Å². The fraction of sp³-hybridized carbons (Fsp3) is 0.0357. The third-order valence-corrected chi connectivity index (χ3v) is 5.71. The lowest BCUT2D eigenvalue weighted by atomic mass is 10.1. The van der Waals surface area contributed by atoms with Gasteiger partial charge in [-0.3, -0.25) is 4.79 Å². The molecular weight excluding hydrogens is 485 g/mol. The number of halogens is 2. The van der Waals surface area contributed by atoms with Gasteiger partial charge in [0.2, 0.25) is 0 Å². The normalized spacial score (nSPS) is 10.9. The smallest absolute Gasteiger partial charge is 0.315 e. The van der Waals surface area contributed by atoms with Crippen LogP contribution in [-0.2, 0) is 11.2 Å². The second kappa shape index (κ2) is 11.0. The number of benzene rings is 4. The highest BCUT2D eigenvalue weighted by molar-refractivity contribution is 6.39. The molecule has 0 fully saturated rings. The van der Waals surface area contributed by atoms with Crippen molar-refractivity contribution in [1.29, 1.82) is 0 Å². The maximum atomic E-state index is 12.6. The van der Waals surface area contributed by atoms with Crippen molar-refractivity contribution in [3.63, 3.8) is 0 Å². The third kappa shape index (κ3) is 6.57. The van der Waals surface area contributed by atoms with Crippen LogP contribution in [0.15, 0.2) is 84.9 Å². The fourth-order valence-electron chi connectivity index (χ4n) is 3.43. The summed E-state index contributed by atoms with van der Waals surface area (Å²) in [5.41, 5.74) is 3.53. The van der Waals surface area contributed by atoms with Gasteiger partial charge in [-0.05, 0) is 59.2 Å². The van der Waals surface area contributed by atoms with Gasteiger partial charge in [-0.15, -0.1) is 0 Å². The van der Waals surface area contributed by atoms with Crippen molar-refractivity contribution in [2.45, 2.75) is 6.42 Å². The molecule has 4 aromatic rings. The summed E-state index contributed by atoms with van der Waals surface area (Å²) < 4.78 is 5.51. The van der Waals surface area contributed by atoms with Crippen molar-refractivity contribution in [2.24, 2.45) is 0 Å². The summed E-state index contributed by atoms with van der Waals surface area (Å²) in [5.74, 6) is -0.0259. The summed E-state index contributed by atoms with van der Waals surface area (Å²) in [6, 6.07) is 24.0. The van der Waals surface area contributed by atoms with E-state index in [4.69, 9.17) is 27.9 Å². The van der Waals surface area contributed by atoms with Gasteiger partial charge in [-0.25, -0.2) is 0 Å². The molecule has 4 rings (SSSR count). The molecule has 35 heavy (non-hydrogen) atoms. The molecule has 0 spiro atoms. The molecule has 176 valence electrons. The Morgan fingerprint density at radius 3 is 2.11 bits per heavy atom. The zero-order valence-electron chi connectivity index (χ0n) is 18.4. The summed E-state index contributed by atoms with van der Waals surface area (Å²) in [4.78, 5) is 12.6. The molecule has 0 aromatic heterocycles. The van der Waals surface area contributed by atoms with Crippen molar-refractivity contribution in [3.8, 4) is 17.2 Å². The predicted octanol–water partition coefficient (Wildman–Crippen LogP) is 7.47. The highest BCUT2D eigenvalue weighted by atomic mass is 35.5. The monoisotopic (exact) mass is 505 g/mol. The number of carbonyl (C=O) groups excluding carboxylic acids is 1. The minimum Gasteiger partial charge on any atom is -0.508 e. The molecule has 0 saturated carbocycles. The predicted molar refractivity (Wildman–Crippen MR) is 141 cm³/mol. The van der Waals surface area contributed by atoms with Crippen LogP contribution >= 0.6 is 23.2 Å². The van der Waals surface area contributed by atoms with E-state index < -0.39 is 5.97 Å². The second-order valence-corrected chi connectivity index (χ2v) is 8.53. The van der Waals surface area contributed by atoms with E-state index in [2.05, 4.69) is 5.32 Å². The molecule has 0 bridgehead atoms. The third-order valence-electron chi connectivity index (χ3n) is 5.08. The number of para-hydroxylation sites is 2. The fourth-order valence-corrected chi connectivity index (χ4v) is 3.92. The van der Waals surface area contributed by atoms with Crippen LogP contribution < -0.4 is 10.1 Å². The first-order valence-electron chi connectivity index (χ1n) is 10.7. The van der Waals surface area contributed by atoms with E-state index in [0.717, 1.165) is 11.1 Å². The average Bonchev–Trinajstić information content (AvgIpc) is 2.81. The number of nitrogens with one attached hydrogen (secondary N) is 1. The van der Waals surface area contributed by atoms with Crippen LogP contribution in [0.1, 0.15) is 16.7 Å². The first-order valence-corrected chi connectivity index (χ1v) is 11.4.